The van der Waals surface area contributed by atoms with Gasteiger partial charge in [-0.25, -0.2) is 9.78 Å². The van der Waals surface area contributed by atoms with Crippen molar-refractivity contribution in [3.8, 4) is 11.5 Å². The molecule has 1 unspecified atom stereocenters. The molecule has 204 valence electrons. The number of anilines is 1. The third-order valence-corrected chi connectivity index (χ3v) is 6.99. The minimum Gasteiger partial charge on any atom is -0.493 e. The van der Waals surface area contributed by atoms with Gasteiger partial charge in [-0.3, -0.25) is 14.9 Å². The van der Waals surface area contributed by atoms with E-state index in [4.69, 9.17) is 14.2 Å². The van der Waals surface area contributed by atoms with Crippen molar-refractivity contribution in [3.05, 3.63) is 90.9 Å². The molecule has 0 fully saturated rings. The zero-order chi connectivity index (χ0) is 28.3. The number of non-ortho nitro benzene ring substituents is 1. The third kappa shape index (κ3) is 5.90. The molecule has 0 saturated heterocycles. The Kier molecular flexibility index (Phi) is 8.24. The number of hydrogen-bond donors (Lipinski definition) is 2. The van der Waals surface area contributed by atoms with Gasteiger partial charge in [0.2, 0.25) is 0 Å². The van der Waals surface area contributed by atoms with Gasteiger partial charge in [0.05, 0.1) is 42.3 Å². The van der Waals surface area contributed by atoms with Gasteiger partial charge >= 0.3 is 5.97 Å². The summed E-state index contributed by atoms with van der Waals surface area (Å²) in [6, 6.07) is 11.4. The lowest BCUT2D eigenvalue weighted by molar-refractivity contribution is -0.384. The molecule has 4 rings (SSSR count). The first-order valence-corrected chi connectivity index (χ1v) is 13.0. The van der Waals surface area contributed by atoms with Crippen LogP contribution in [0.15, 0.2) is 63.7 Å². The highest BCUT2D eigenvalue weighted by molar-refractivity contribution is 7.98. The standard InChI is InChI=1S/C27H28N4O7S/c1-14(2)38-26(33)21-15(3)28-24-23(22(21)17-8-11-19(36-4)20(12-17)37-5)25(32)30-27(29-24)39-13-16-6-9-18(10-7-16)31(34)35/h6-12,14,22H,13H2,1-5H3,(H2,28,29,30,32). The number of carbonyl (C=O) groups is 1. The number of thioether (sulfide) groups is 1. The van der Waals surface area contributed by atoms with Crippen LogP contribution in [-0.4, -0.2) is 41.2 Å². The zero-order valence-electron chi connectivity index (χ0n) is 22.1. The van der Waals surface area contributed by atoms with Gasteiger partial charge < -0.3 is 24.5 Å². The first kappa shape index (κ1) is 27.7. The van der Waals surface area contributed by atoms with E-state index in [-0.39, 0.29) is 17.4 Å². The zero-order valence-corrected chi connectivity index (χ0v) is 22.9. The number of carbonyl (C=O) groups excluding carboxylic acids is 1. The van der Waals surface area contributed by atoms with Crippen LogP contribution in [0.2, 0.25) is 0 Å². The number of ether oxygens (including phenoxy) is 3. The highest BCUT2D eigenvalue weighted by atomic mass is 32.2. The normalized spacial score (nSPS) is 14.5. The summed E-state index contributed by atoms with van der Waals surface area (Å²) in [5.74, 6) is 0.382. The van der Waals surface area contributed by atoms with Crippen LogP contribution in [0.1, 0.15) is 43.4 Å². The number of fused-ring (bicyclic) bond motifs is 1. The quantitative estimate of drug-likeness (QED) is 0.125. The largest absolute Gasteiger partial charge is 0.493 e. The maximum Gasteiger partial charge on any atom is 0.337 e. The van der Waals surface area contributed by atoms with E-state index in [0.29, 0.717) is 45.1 Å². The molecule has 0 aliphatic carbocycles. The van der Waals surface area contributed by atoms with Crippen molar-refractivity contribution in [1.29, 1.82) is 0 Å². The fourth-order valence-corrected chi connectivity index (χ4v) is 5.10. The summed E-state index contributed by atoms with van der Waals surface area (Å²) < 4.78 is 16.4. The van der Waals surface area contributed by atoms with Crippen molar-refractivity contribution < 1.29 is 23.9 Å². The van der Waals surface area contributed by atoms with Gasteiger partial charge in [-0.15, -0.1) is 0 Å². The summed E-state index contributed by atoms with van der Waals surface area (Å²) in [6.45, 7) is 5.25. The fraction of sp³-hybridized carbons (Fsp3) is 0.296. The highest BCUT2D eigenvalue weighted by Crippen LogP contribution is 2.42. The second-order valence-corrected chi connectivity index (χ2v) is 9.97. The molecular formula is C27H28N4O7S. The number of nitrogens with one attached hydrogen (secondary N) is 2. The van der Waals surface area contributed by atoms with Crippen molar-refractivity contribution in [3.63, 3.8) is 0 Å². The smallest absolute Gasteiger partial charge is 0.337 e. The van der Waals surface area contributed by atoms with Gasteiger partial charge in [-0.1, -0.05) is 30.0 Å². The van der Waals surface area contributed by atoms with Gasteiger partial charge in [-0.05, 0) is 44.0 Å². The lowest BCUT2D eigenvalue weighted by Gasteiger charge is -2.29. The molecule has 1 aliphatic heterocycles. The van der Waals surface area contributed by atoms with Crippen LogP contribution in [0.5, 0.6) is 11.5 Å². The molecule has 11 nitrogen and oxygen atoms in total. The summed E-state index contributed by atoms with van der Waals surface area (Å²) in [4.78, 5) is 44.7. The van der Waals surface area contributed by atoms with E-state index in [1.807, 2.05) is 0 Å². The van der Waals surface area contributed by atoms with Gasteiger partial charge in [0.25, 0.3) is 11.2 Å². The van der Waals surface area contributed by atoms with Gasteiger partial charge in [0.1, 0.15) is 5.82 Å². The molecule has 0 radical (unpaired) electrons. The number of esters is 1. The van der Waals surface area contributed by atoms with E-state index in [1.54, 1.807) is 51.1 Å². The summed E-state index contributed by atoms with van der Waals surface area (Å²) in [5, 5.41) is 14.4. The number of benzene rings is 2. The molecule has 0 bridgehead atoms. The van der Waals surface area contributed by atoms with Crippen molar-refractivity contribution in [2.24, 2.45) is 0 Å². The third-order valence-electron chi connectivity index (χ3n) is 6.05. The maximum atomic E-state index is 13.5. The molecule has 2 heterocycles. The molecule has 1 aliphatic rings. The maximum absolute atomic E-state index is 13.5. The number of aromatic amines is 1. The lowest BCUT2D eigenvalue weighted by Crippen LogP contribution is -2.31. The Morgan fingerprint density at radius 3 is 2.44 bits per heavy atom. The molecule has 0 amide bonds. The number of nitro groups is 1. The van der Waals surface area contributed by atoms with Crippen LogP contribution >= 0.6 is 11.8 Å². The van der Waals surface area contributed by atoms with E-state index in [0.717, 1.165) is 5.56 Å². The Morgan fingerprint density at radius 2 is 1.82 bits per heavy atom. The van der Waals surface area contributed by atoms with Crippen molar-refractivity contribution in [1.82, 2.24) is 9.97 Å². The van der Waals surface area contributed by atoms with Crippen LogP contribution in [0, 0.1) is 10.1 Å². The summed E-state index contributed by atoms with van der Waals surface area (Å²) in [6.07, 6.45) is -0.361. The topological polar surface area (TPSA) is 146 Å². The number of methoxy groups -OCH3 is 2. The van der Waals surface area contributed by atoms with Crippen LogP contribution < -0.4 is 20.3 Å². The summed E-state index contributed by atoms with van der Waals surface area (Å²) in [5.41, 5.74) is 2.12. The predicted octanol–water partition coefficient (Wildman–Crippen LogP) is 4.77. The Bertz CT molecular complexity index is 1500. The SMILES string of the molecule is COc1ccc(C2C(C(=O)OC(C)C)=C(C)Nc3nc(SCc4ccc([N+](=O)[O-])cc4)[nH]c(=O)c32)cc1OC. The summed E-state index contributed by atoms with van der Waals surface area (Å²) in [7, 11) is 3.03. The van der Waals surface area contributed by atoms with Crippen molar-refractivity contribution in [2.45, 2.75) is 43.7 Å². The number of rotatable bonds is 9. The van der Waals surface area contributed by atoms with Crippen molar-refractivity contribution >= 4 is 29.2 Å². The molecule has 1 atom stereocenters. The number of nitrogens with zero attached hydrogens (tertiary/aromatic N) is 2. The lowest BCUT2D eigenvalue weighted by atomic mass is 9.82. The van der Waals surface area contributed by atoms with Crippen LogP contribution in [0.25, 0.3) is 0 Å². The first-order valence-electron chi connectivity index (χ1n) is 12.0. The monoisotopic (exact) mass is 552 g/mol. The predicted molar refractivity (Wildman–Crippen MR) is 146 cm³/mol. The average Bonchev–Trinajstić information content (AvgIpc) is 2.90. The molecule has 0 saturated carbocycles. The Morgan fingerprint density at radius 1 is 1.13 bits per heavy atom. The van der Waals surface area contributed by atoms with E-state index in [1.165, 1.54) is 38.1 Å². The van der Waals surface area contributed by atoms with Crippen molar-refractivity contribution in [2.75, 3.05) is 19.5 Å². The molecule has 2 N–H and O–H groups in total. The average molecular weight is 553 g/mol. The number of hydrogen-bond acceptors (Lipinski definition) is 10. The molecule has 0 spiro atoms. The highest BCUT2D eigenvalue weighted by Gasteiger charge is 2.37. The Balaban J connectivity index is 1.75. The van der Waals surface area contributed by atoms with Gasteiger partial charge in [0.15, 0.2) is 16.7 Å². The second-order valence-electron chi connectivity index (χ2n) is 9.01. The number of aromatic nitrogens is 2. The minimum absolute atomic E-state index is 0.00327. The van der Waals surface area contributed by atoms with Gasteiger partial charge in [-0.2, -0.15) is 0 Å². The number of H-pyrrole nitrogens is 1. The number of allylic oxidation sites excluding steroid dienone is 1. The fourth-order valence-electron chi connectivity index (χ4n) is 4.28. The van der Waals surface area contributed by atoms with E-state index in [9.17, 15) is 19.7 Å². The second kappa shape index (κ2) is 11.6. The molecule has 39 heavy (non-hydrogen) atoms. The minimum atomic E-state index is -0.780. The Hall–Kier alpha value is -4.32. The number of nitro benzene ring substituents is 1. The molecule has 3 aromatic rings. The van der Waals surface area contributed by atoms with E-state index < -0.39 is 22.4 Å². The first-order chi connectivity index (χ1) is 18.6. The van der Waals surface area contributed by atoms with Gasteiger partial charge in [0, 0.05) is 23.6 Å². The summed E-state index contributed by atoms with van der Waals surface area (Å²) >= 11 is 1.28. The van der Waals surface area contributed by atoms with Crippen LogP contribution in [-0.2, 0) is 15.3 Å². The molecule has 1 aromatic heterocycles. The van der Waals surface area contributed by atoms with Crippen LogP contribution in [0.4, 0.5) is 11.5 Å². The molecular weight excluding hydrogens is 524 g/mol. The van der Waals surface area contributed by atoms with Crippen LogP contribution in [0.3, 0.4) is 0 Å². The van der Waals surface area contributed by atoms with E-state index >= 15 is 0 Å². The molecule has 12 heteroatoms. The van der Waals surface area contributed by atoms with E-state index in [2.05, 4.69) is 15.3 Å². The molecule has 2 aromatic carbocycles. The Labute approximate surface area is 228 Å².